The van der Waals surface area contributed by atoms with Gasteiger partial charge in [-0.3, -0.25) is 19.7 Å². The van der Waals surface area contributed by atoms with Crippen molar-refractivity contribution in [1.29, 1.82) is 0 Å². The Morgan fingerprint density at radius 1 is 0.975 bits per heavy atom. The van der Waals surface area contributed by atoms with E-state index in [4.69, 9.17) is 0 Å². The van der Waals surface area contributed by atoms with Gasteiger partial charge < -0.3 is 15.3 Å². The lowest BCUT2D eigenvalue weighted by Gasteiger charge is -2.37. The van der Waals surface area contributed by atoms with Gasteiger partial charge in [-0.2, -0.15) is 0 Å². The van der Waals surface area contributed by atoms with Gasteiger partial charge in [0, 0.05) is 34.7 Å². The van der Waals surface area contributed by atoms with Gasteiger partial charge in [0.05, 0.1) is 12.7 Å². The first-order valence-electron chi connectivity index (χ1n) is 14.2. The van der Waals surface area contributed by atoms with Crippen LogP contribution in [0.2, 0.25) is 0 Å². The maximum Gasteiger partial charge on any atom is 0.251 e. The Labute approximate surface area is 240 Å². The third kappa shape index (κ3) is 6.67. The molecule has 2 saturated carbocycles. The SMILES string of the molecule is C/C=C\C(=O)/C(O)=C/C(=O)N(CN[C@H]1c2ccccc2CSc2ccccc21)C1CCC(C(=O)NC2CC2)CC1. The number of rotatable bonds is 9. The van der Waals surface area contributed by atoms with Gasteiger partial charge >= 0.3 is 0 Å². The number of carbonyl (C=O) groups is 3. The van der Waals surface area contributed by atoms with Crippen LogP contribution in [0.3, 0.4) is 0 Å². The van der Waals surface area contributed by atoms with Crippen LogP contribution in [0, 0.1) is 5.92 Å². The smallest absolute Gasteiger partial charge is 0.251 e. The minimum atomic E-state index is -0.604. The molecule has 2 aliphatic carbocycles. The van der Waals surface area contributed by atoms with E-state index in [1.54, 1.807) is 11.8 Å². The van der Waals surface area contributed by atoms with Crippen molar-refractivity contribution >= 4 is 29.4 Å². The highest BCUT2D eigenvalue weighted by molar-refractivity contribution is 7.98. The summed E-state index contributed by atoms with van der Waals surface area (Å²) in [6.07, 6.45) is 8.68. The van der Waals surface area contributed by atoms with Gasteiger partial charge in [0.2, 0.25) is 11.7 Å². The van der Waals surface area contributed by atoms with E-state index >= 15 is 0 Å². The number of aliphatic hydroxyl groups excluding tert-OH is 1. The molecule has 0 spiro atoms. The molecule has 1 aliphatic heterocycles. The van der Waals surface area contributed by atoms with Crippen LogP contribution in [-0.4, -0.2) is 46.4 Å². The molecule has 7 nitrogen and oxygen atoms in total. The van der Waals surface area contributed by atoms with Crippen LogP contribution in [0.1, 0.15) is 68.2 Å². The van der Waals surface area contributed by atoms with Gasteiger partial charge in [0.15, 0.2) is 5.76 Å². The number of fused-ring (bicyclic) bond motifs is 2. The predicted octanol–water partition coefficient (Wildman–Crippen LogP) is 5.18. The molecule has 1 heterocycles. The fourth-order valence-electron chi connectivity index (χ4n) is 5.62. The minimum Gasteiger partial charge on any atom is -0.504 e. The summed E-state index contributed by atoms with van der Waals surface area (Å²) in [5.41, 5.74) is 3.58. The monoisotopic (exact) mass is 559 g/mol. The summed E-state index contributed by atoms with van der Waals surface area (Å²) in [7, 11) is 0. The van der Waals surface area contributed by atoms with Crippen LogP contribution in [0.15, 0.2) is 77.4 Å². The van der Waals surface area contributed by atoms with E-state index in [1.165, 1.54) is 28.2 Å². The van der Waals surface area contributed by atoms with E-state index in [0.29, 0.717) is 31.7 Å². The first-order valence-corrected chi connectivity index (χ1v) is 15.1. The zero-order chi connectivity index (χ0) is 28.1. The number of thioether (sulfide) groups is 1. The second kappa shape index (κ2) is 12.9. The summed E-state index contributed by atoms with van der Waals surface area (Å²) in [4.78, 5) is 41.3. The molecule has 5 rings (SSSR count). The number of amides is 2. The number of ketones is 1. The number of carbonyl (C=O) groups excluding carboxylic acids is 3. The molecule has 3 aliphatic rings. The van der Waals surface area contributed by atoms with Crippen LogP contribution >= 0.6 is 11.8 Å². The molecule has 40 heavy (non-hydrogen) atoms. The molecule has 3 N–H and O–H groups in total. The van der Waals surface area contributed by atoms with Gasteiger partial charge in [-0.25, -0.2) is 0 Å². The number of hydrogen-bond donors (Lipinski definition) is 3. The molecule has 2 fully saturated rings. The first kappa shape index (κ1) is 28.2. The van der Waals surface area contributed by atoms with Crippen LogP contribution in [0.25, 0.3) is 0 Å². The van der Waals surface area contributed by atoms with E-state index in [0.717, 1.165) is 30.2 Å². The fraction of sp³-hybridized carbons (Fsp3) is 0.406. The van der Waals surface area contributed by atoms with Crippen molar-refractivity contribution in [3.8, 4) is 0 Å². The van der Waals surface area contributed by atoms with E-state index in [-0.39, 0.29) is 30.6 Å². The molecule has 0 saturated heterocycles. The largest absolute Gasteiger partial charge is 0.504 e. The molecule has 0 bridgehead atoms. The van der Waals surface area contributed by atoms with Crippen molar-refractivity contribution in [3.63, 3.8) is 0 Å². The topological polar surface area (TPSA) is 98.7 Å². The van der Waals surface area contributed by atoms with Crippen molar-refractivity contribution < 1.29 is 19.5 Å². The lowest BCUT2D eigenvalue weighted by Crippen LogP contribution is -2.48. The molecule has 0 aromatic heterocycles. The lowest BCUT2D eigenvalue weighted by atomic mass is 9.84. The molecule has 210 valence electrons. The normalized spacial score (nSPS) is 22.6. The maximum atomic E-state index is 13.6. The number of aliphatic hydroxyl groups is 1. The number of benzene rings is 2. The van der Waals surface area contributed by atoms with Crippen LogP contribution in [-0.2, 0) is 20.1 Å². The van der Waals surface area contributed by atoms with E-state index < -0.39 is 17.4 Å². The van der Waals surface area contributed by atoms with Gasteiger partial charge in [0.1, 0.15) is 0 Å². The molecule has 2 aromatic rings. The van der Waals surface area contributed by atoms with Gasteiger partial charge in [-0.15, -0.1) is 11.8 Å². The molecule has 8 heteroatoms. The van der Waals surface area contributed by atoms with Crippen LogP contribution in [0.4, 0.5) is 0 Å². The lowest BCUT2D eigenvalue weighted by molar-refractivity contribution is -0.131. The van der Waals surface area contributed by atoms with Gasteiger partial charge in [-0.1, -0.05) is 48.5 Å². The molecular weight excluding hydrogens is 522 g/mol. The summed E-state index contributed by atoms with van der Waals surface area (Å²) in [6, 6.07) is 16.8. The molecule has 1 atom stereocenters. The highest BCUT2D eigenvalue weighted by Crippen LogP contribution is 2.39. The second-order valence-corrected chi connectivity index (χ2v) is 11.8. The summed E-state index contributed by atoms with van der Waals surface area (Å²) in [6.45, 7) is 1.92. The van der Waals surface area contributed by atoms with Crippen molar-refractivity contribution in [2.45, 2.75) is 74.2 Å². The van der Waals surface area contributed by atoms with Gasteiger partial charge in [0.25, 0.3) is 5.91 Å². The molecular formula is C32H37N3O4S. The van der Waals surface area contributed by atoms with E-state index in [9.17, 15) is 19.5 Å². The Kier molecular flexibility index (Phi) is 9.07. The molecule has 2 aromatic carbocycles. The maximum absolute atomic E-state index is 13.6. The second-order valence-electron chi connectivity index (χ2n) is 10.8. The standard InChI is InChI=1S/C32H37N3O4S/c1-2-7-27(36)28(37)18-30(38)35(24-16-12-21(13-17-24)32(39)34-23-14-15-23)20-33-31-25-9-4-3-8-22(25)19-40-29-11-6-5-10-26(29)31/h2-11,18,21,23-24,31,33,37H,12-17,19-20H2,1H3,(H,34,39)/b7-2-,28-18-/t21?,24?,31-/m0/s1. The molecule has 2 amide bonds. The van der Waals surface area contributed by atoms with Gasteiger partial charge in [-0.05, 0) is 74.3 Å². The fourth-order valence-corrected chi connectivity index (χ4v) is 6.72. The number of hydrogen-bond acceptors (Lipinski definition) is 6. The number of nitrogens with zero attached hydrogens (tertiary/aromatic N) is 1. The Hall–Kier alpha value is -3.36. The van der Waals surface area contributed by atoms with Crippen molar-refractivity contribution in [2.24, 2.45) is 5.92 Å². The third-order valence-corrected chi connectivity index (χ3v) is 9.13. The average Bonchev–Trinajstić information content (AvgIpc) is 3.80. The Morgan fingerprint density at radius 3 is 2.40 bits per heavy atom. The Balaban J connectivity index is 1.37. The highest BCUT2D eigenvalue weighted by Gasteiger charge is 2.34. The number of allylic oxidation sites excluding steroid dienone is 2. The zero-order valence-corrected chi connectivity index (χ0v) is 23.7. The minimum absolute atomic E-state index is 0.0420. The highest BCUT2D eigenvalue weighted by atomic mass is 32.2. The predicted molar refractivity (Wildman–Crippen MR) is 157 cm³/mol. The summed E-state index contributed by atoms with van der Waals surface area (Å²) >= 11 is 1.81. The molecule has 0 radical (unpaired) electrons. The third-order valence-electron chi connectivity index (χ3n) is 7.99. The number of nitrogens with one attached hydrogen (secondary N) is 2. The van der Waals surface area contributed by atoms with Crippen molar-refractivity contribution in [2.75, 3.05) is 6.67 Å². The van der Waals surface area contributed by atoms with Crippen LogP contribution in [0.5, 0.6) is 0 Å². The average molecular weight is 560 g/mol. The zero-order valence-electron chi connectivity index (χ0n) is 22.8. The van der Waals surface area contributed by atoms with Crippen LogP contribution < -0.4 is 10.6 Å². The van der Waals surface area contributed by atoms with Crippen molar-refractivity contribution in [3.05, 3.63) is 89.2 Å². The Bertz CT molecular complexity index is 1260. The quantitative estimate of drug-likeness (QED) is 0.222. The first-order chi connectivity index (χ1) is 19.4. The summed E-state index contributed by atoms with van der Waals surface area (Å²) < 4.78 is 0. The summed E-state index contributed by atoms with van der Waals surface area (Å²) in [5, 5.41) is 17.1. The Morgan fingerprint density at radius 2 is 1.68 bits per heavy atom. The van der Waals surface area contributed by atoms with Crippen molar-refractivity contribution in [1.82, 2.24) is 15.5 Å². The molecule has 0 unspecified atom stereocenters. The van der Waals surface area contributed by atoms with E-state index in [2.05, 4.69) is 41.0 Å². The summed E-state index contributed by atoms with van der Waals surface area (Å²) in [5.74, 6) is -0.654. The van der Waals surface area contributed by atoms with E-state index in [1.807, 2.05) is 30.0 Å².